The second kappa shape index (κ2) is 5.27. The van der Waals surface area contributed by atoms with Gasteiger partial charge in [0.1, 0.15) is 5.75 Å². The van der Waals surface area contributed by atoms with Crippen LogP contribution in [0, 0.1) is 0 Å². The monoisotopic (exact) mass is 249 g/mol. The van der Waals surface area contributed by atoms with Gasteiger partial charge in [0.2, 0.25) is 0 Å². The van der Waals surface area contributed by atoms with E-state index in [1.54, 1.807) is 12.1 Å². The average molecular weight is 249 g/mol. The lowest BCUT2D eigenvalue weighted by Gasteiger charge is -2.29. The van der Waals surface area contributed by atoms with Crippen LogP contribution >= 0.6 is 0 Å². The van der Waals surface area contributed by atoms with Gasteiger partial charge in [0.05, 0.1) is 5.69 Å². The summed E-state index contributed by atoms with van der Waals surface area (Å²) in [5.74, 6) is -0.203. The minimum atomic E-state index is -0.153. The van der Waals surface area contributed by atoms with Gasteiger partial charge in [-0.2, -0.15) is 0 Å². The highest BCUT2D eigenvalue weighted by molar-refractivity contribution is 5.95. The molecule has 5 heteroatoms. The number of piperidine rings is 1. The van der Waals surface area contributed by atoms with Crippen molar-refractivity contribution in [2.75, 3.05) is 25.9 Å². The van der Waals surface area contributed by atoms with E-state index < -0.39 is 0 Å². The van der Waals surface area contributed by atoms with E-state index in [1.165, 1.54) is 6.07 Å². The van der Waals surface area contributed by atoms with E-state index in [0.717, 1.165) is 25.9 Å². The number of hydrogen-bond donors (Lipinski definition) is 3. The molecule has 0 radical (unpaired) electrons. The fourth-order valence-corrected chi connectivity index (χ4v) is 2.11. The van der Waals surface area contributed by atoms with E-state index in [-0.39, 0.29) is 23.4 Å². The van der Waals surface area contributed by atoms with Gasteiger partial charge in [-0.25, -0.2) is 0 Å². The minimum Gasteiger partial charge on any atom is -0.506 e. The van der Waals surface area contributed by atoms with Crippen LogP contribution in [0.1, 0.15) is 23.2 Å². The summed E-state index contributed by atoms with van der Waals surface area (Å²) in [6.07, 6.45) is 1.92. The van der Waals surface area contributed by atoms with E-state index in [2.05, 4.69) is 17.3 Å². The van der Waals surface area contributed by atoms with E-state index in [4.69, 9.17) is 5.73 Å². The van der Waals surface area contributed by atoms with Crippen molar-refractivity contribution in [1.82, 2.24) is 10.2 Å². The molecule has 1 aromatic carbocycles. The Bertz CT molecular complexity index is 440. The molecule has 0 aromatic heterocycles. The lowest BCUT2D eigenvalue weighted by Crippen LogP contribution is -2.43. The maximum Gasteiger partial charge on any atom is 0.251 e. The second-order valence-corrected chi connectivity index (χ2v) is 4.82. The molecule has 1 saturated heterocycles. The Hall–Kier alpha value is -1.75. The van der Waals surface area contributed by atoms with Crippen molar-refractivity contribution in [3.8, 4) is 5.75 Å². The number of aromatic hydroxyl groups is 1. The third-order valence-corrected chi connectivity index (χ3v) is 3.35. The molecule has 0 atom stereocenters. The van der Waals surface area contributed by atoms with Crippen LogP contribution in [0.4, 0.5) is 5.69 Å². The maximum absolute atomic E-state index is 12.0. The van der Waals surface area contributed by atoms with E-state index >= 15 is 0 Å². The first kappa shape index (κ1) is 12.7. The highest BCUT2D eigenvalue weighted by Crippen LogP contribution is 2.20. The predicted octanol–water partition coefficient (Wildman–Crippen LogP) is 0.798. The van der Waals surface area contributed by atoms with Gasteiger partial charge in [-0.15, -0.1) is 0 Å². The summed E-state index contributed by atoms with van der Waals surface area (Å²) in [5.41, 5.74) is 6.23. The largest absolute Gasteiger partial charge is 0.506 e. The quantitative estimate of drug-likeness (QED) is 0.535. The first-order chi connectivity index (χ1) is 8.56. The molecule has 0 spiro atoms. The molecule has 0 saturated carbocycles. The van der Waals surface area contributed by atoms with Crippen LogP contribution < -0.4 is 11.1 Å². The van der Waals surface area contributed by atoms with Crippen LogP contribution in [0.2, 0.25) is 0 Å². The molecule has 4 N–H and O–H groups in total. The zero-order valence-corrected chi connectivity index (χ0v) is 10.5. The van der Waals surface area contributed by atoms with E-state index in [9.17, 15) is 9.90 Å². The molecule has 1 heterocycles. The lowest BCUT2D eigenvalue weighted by molar-refractivity contribution is 0.0916. The topological polar surface area (TPSA) is 78.6 Å². The molecule has 1 aromatic rings. The highest BCUT2D eigenvalue weighted by Gasteiger charge is 2.19. The zero-order valence-electron chi connectivity index (χ0n) is 10.5. The summed E-state index contributed by atoms with van der Waals surface area (Å²) in [5, 5.41) is 12.5. The summed E-state index contributed by atoms with van der Waals surface area (Å²) in [4.78, 5) is 14.2. The molecule has 5 nitrogen and oxygen atoms in total. The van der Waals surface area contributed by atoms with Gasteiger partial charge in [-0.3, -0.25) is 4.79 Å². The highest BCUT2D eigenvalue weighted by atomic mass is 16.3. The number of hydrogen-bond acceptors (Lipinski definition) is 4. The standard InChI is InChI=1S/C13H19N3O2/c1-16-6-4-10(5-7-16)15-13(18)9-2-3-11(14)12(17)8-9/h2-3,8,10,17H,4-7,14H2,1H3,(H,15,18). The summed E-state index contributed by atoms with van der Waals surface area (Å²) in [6, 6.07) is 4.78. The van der Waals surface area contributed by atoms with Gasteiger partial charge in [0.15, 0.2) is 0 Å². The molecule has 2 rings (SSSR count). The summed E-state index contributed by atoms with van der Waals surface area (Å²) >= 11 is 0. The molecule has 0 aliphatic carbocycles. The van der Waals surface area contributed by atoms with E-state index in [0.29, 0.717) is 5.56 Å². The number of phenolic OH excluding ortho intramolecular Hbond substituents is 1. The first-order valence-electron chi connectivity index (χ1n) is 6.14. The molecular weight excluding hydrogens is 230 g/mol. The Morgan fingerprint density at radius 2 is 2.11 bits per heavy atom. The number of carbonyl (C=O) groups is 1. The second-order valence-electron chi connectivity index (χ2n) is 4.82. The fraction of sp³-hybridized carbons (Fsp3) is 0.462. The molecule has 1 fully saturated rings. The minimum absolute atomic E-state index is 0.0500. The van der Waals surface area contributed by atoms with Crippen LogP contribution in [0.3, 0.4) is 0 Å². The average Bonchev–Trinajstić information content (AvgIpc) is 2.35. The van der Waals surface area contributed by atoms with Gasteiger partial charge in [0, 0.05) is 11.6 Å². The van der Waals surface area contributed by atoms with Crippen LogP contribution in [0.5, 0.6) is 5.75 Å². The van der Waals surface area contributed by atoms with Crippen molar-refractivity contribution in [3.05, 3.63) is 23.8 Å². The number of phenols is 1. The van der Waals surface area contributed by atoms with Crippen molar-refractivity contribution >= 4 is 11.6 Å². The Morgan fingerprint density at radius 1 is 1.44 bits per heavy atom. The lowest BCUT2D eigenvalue weighted by atomic mass is 10.0. The van der Waals surface area contributed by atoms with Crippen molar-refractivity contribution in [2.24, 2.45) is 0 Å². The third-order valence-electron chi connectivity index (χ3n) is 3.35. The number of rotatable bonds is 2. The third kappa shape index (κ3) is 2.92. The summed E-state index contributed by atoms with van der Waals surface area (Å²) in [7, 11) is 2.08. The van der Waals surface area contributed by atoms with Gasteiger partial charge in [-0.05, 0) is 51.2 Å². The molecule has 1 aliphatic heterocycles. The Balaban J connectivity index is 1.97. The number of amides is 1. The smallest absolute Gasteiger partial charge is 0.251 e. The number of nitrogen functional groups attached to an aromatic ring is 1. The van der Waals surface area contributed by atoms with Crippen LogP contribution in [0.25, 0.3) is 0 Å². The van der Waals surface area contributed by atoms with Crippen molar-refractivity contribution in [3.63, 3.8) is 0 Å². The first-order valence-corrected chi connectivity index (χ1v) is 6.14. The van der Waals surface area contributed by atoms with Crippen molar-refractivity contribution in [1.29, 1.82) is 0 Å². The summed E-state index contributed by atoms with van der Waals surface area (Å²) < 4.78 is 0. The summed E-state index contributed by atoms with van der Waals surface area (Å²) in [6.45, 7) is 2.00. The molecule has 0 bridgehead atoms. The SMILES string of the molecule is CN1CCC(NC(=O)c2ccc(N)c(O)c2)CC1. The predicted molar refractivity (Wildman–Crippen MR) is 70.5 cm³/mol. The Morgan fingerprint density at radius 3 is 2.72 bits per heavy atom. The Labute approximate surface area is 107 Å². The van der Waals surface area contributed by atoms with E-state index in [1.807, 2.05) is 0 Å². The number of nitrogens with two attached hydrogens (primary N) is 1. The number of nitrogens with one attached hydrogen (secondary N) is 1. The molecular formula is C13H19N3O2. The number of benzene rings is 1. The normalized spacial score (nSPS) is 17.6. The Kier molecular flexibility index (Phi) is 3.72. The molecule has 18 heavy (non-hydrogen) atoms. The maximum atomic E-state index is 12.0. The number of carbonyl (C=O) groups excluding carboxylic acids is 1. The van der Waals surface area contributed by atoms with Crippen LogP contribution in [-0.4, -0.2) is 42.1 Å². The van der Waals surface area contributed by atoms with Gasteiger partial charge >= 0.3 is 0 Å². The number of nitrogens with zero attached hydrogens (tertiary/aromatic N) is 1. The van der Waals surface area contributed by atoms with Gasteiger partial charge in [0.25, 0.3) is 5.91 Å². The molecule has 0 unspecified atom stereocenters. The van der Waals surface area contributed by atoms with Crippen molar-refractivity contribution < 1.29 is 9.90 Å². The zero-order chi connectivity index (χ0) is 13.1. The molecule has 98 valence electrons. The van der Waals surface area contributed by atoms with Gasteiger partial charge < -0.3 is 21.1 Å². The van der Waals surface area contributed by atoms with Crippen LogP contribution in [0.15, 0.2) is 18.2 Å². The fourth-order valence-electron chi connectivity index (χ4n) is 2.11. The van der Waals surface area contributed by atoms with Crippen LogP contribution in [-0.2, 0) is 0 Å². The number of likely N-dealkylation sites (tertiary alicyclic amines) is 1. The van der Waals surface area contributed by atoms with Gasteiger partial charge in [-0.1, -0.05) is 0 Å². The van der Waals surface area contributed by atoms with Crippen molar-refractivity contribution in [2.45, 2.75) is 18.9 Å². The molecule has 1 amide bonds. The molecule has 1 aliphatic rings. The number of anilines is 1.